The molecule has 2 bridgehead atoms. The molecule has 1 saturated heterocycles. The molecule has 2 atom stereocenters. The number of hydrogen-bond acceptors (Lipinski definition) is 5. The Morgan fingerprint density at radius 3 is 2.96 bits per heavy atom. The van der Waals surface area contributed by atoms with Crippen molar-refractivity contribution in [3.8, 4) is 5.95 Å². The lowest BCUT2D eigenvalue weighted by Gasteiger charge is -2.27. The third kappa shape index (κ3) is 2.82. The first-order chi connectivity index (χ1) is 13.2. The normalized spacial score (nSPS) is 22.0. The molecule has 5 rings (SSSR count). The fourth-order valence-electron chi connectivity index (χ4n) is 4.54. The second kappa shape index (κ2) is 6.49. The number of nitrogens with zero attached hydrogens (tertiary/aromatic N) is 4. The Balaban J connectivity index is 1.55. The zero-order valence-corrected chi connectivity index (χ0v) is 15.4. The van der Waals surface area contributed by atoms with Gasteiger partial charge < -0.3 is 9.72 Å². The van der Waals surface area contributed by atoms with E-state index in [2.05, 4.69) is 20.0 Å². The molecular weight excluding hydrogens is 342 g/mol. The molecule has 27 heavy (non-hydrogen) atoms. The van der Waals surface area contributed by atoms with Crippen LogP contribution in [0.25, 0.3) is 17.0 Å². The zero-order chi connectivity index (χ0) is 18.4. The van der Waals surface area contributed by atoms with E-state index in [0.29, 0.717) is 30.7 Å². The Hall–Kier alpha value is -2.67. The molecule has 3 aromatic rings. The second-order valence-corrected chi connectivity index (χ2v) is 7.48. The van der Waals surface area contributed by atoms with Gasteiger partial charge in [-0.2, -0.15) is 5.10 Å². The van der Waals surface area contributed by atoms with Crippen molar-refractivity contribution in [1.82, 2.24) is 24.6 Å². The molecule has 0 radical (unpaired) electrons. The number of likely N-dealkylation sites (tertiary alicyclic amines) is 1. The van der Waals surface area contributed by atoms with Crippen molar-refractivity contribution in [2.24, 2.45) is 5.92 Å². The van der Waals surface area contributed by atoms with Crippen LogP contribution in [0.1, 0.15) is 42.2 Å². The standard InChI is InChI=1S/C20H23N5O2/c1-2-27-19(26)15-10-21-25(20-22-16-5-3-4-6-17(16)23-20)18(15)12-24-11-13-7-8-14(24)9-13/h3-6,10,13-14H,2,7-9,11-12H2,1H3,(H,22,23). The highest BCUT2D eigenvalue weighted by atomic mass is 16.5. The smallest absolute Gasteiger partial charge is 0.341 e. The van der Waals surface area contributed by atoms with E-state index in [1.807, 2.05) is 31.2 Å². The van der Waals surface area contributed by atoms with Gasteiger partial charge in [0.25, 0.3) is 0 Å². The third-order valence-electron chi connectivity index (χ3n) is 5.82. The number of H-pyrrole nitrogens is 1. The average Bonchev–Trinajstić information content (AvgIpc) is 3.44. The fraction of sp³-hybridized carbons (Fsp3) is 0.450. The monoisotopic (exact) mass is 365 g/mol. The third-order valence-corrected chi connectivity index (χ3v) is 5.82. The predicted octanol–water partition coefficient (Wildman–Crippen LogP) is 2.91. The summed E-state index contributed by atoms with van der Waals surface area (Å²) in [4.78, 5) is 22.9. The van der Waals surface area contributed by atoms with Crippen molar-refractivity contribution < 1.29 is 9.53 Å². The number of carbonyl (C=O) groups excluding carboxylic acids is 1. The minimum atomic E-state index is -0.320. The van der Waals surface area contributed by atoms with E-state index in [-0.39, 0.29) is 5.97 Å². The van der Waals surface area contributed by atoms with Gasteiger partial charge in [-0.1, -0.05) is 12.1 Å². The predicted molar refractivity (Wildman–Crippen MR) is 101 cm³/mol. The quantitative estimate of drug-likeness (QED) is 0.704. The summed E-state index contributed by atoms with van der Waals surface area (Å²) in [6.45, 7) is 3.95. The van der Waals surface area contributed by atoms with Crippen molar-refractivity contribution >= 4 is 17.0 Å². The summed E-state index contributed by atoms with van der Waals surface area (Å²) in [6, 6.07) is 8.50. The lowest BCUT2D eigenvalue weighted by molar-refractivity contribution is 0.0523. The van der Waals surface area contributed by atoms with Crippen molar-refractivity contribution in [3.63, 3.8) is 0 Å². The molecule has 0 amide bonds. The van der Waals surface area contributed by atoms with E-state index in [9.17, 15) is 4.79 Å². The van der Waals surface area contributed by atoms with Gasteiger partial charge >= 0.3 is 5.97 Å². The van der Waals surface area contributed by atoms with Crippen LogP contribution in [0.5, 0.6) is 0 Å². The highest BCUT2D eigenvalue weighted by Gasteiger charge is 2.38. The minimum absolute atomic E-state index is 0.320. The van der Waals surface area contributed by atoms with Gasteiger partial charge in [0.2, 0.25) is 5.95 Å². The molecule has 0 spiro atoms. The SMILES string of the molecule is CCOC(=O)c1cnn(-c2nc3ccccc3[nH]2)c1CN1CC2CCC1C2. The van der Waals surface area contributed by atoms with Crippen LogP contribution in [0.3, 0.4) is 0 Å². The van der Waals surface area contributed by atoms with E-state index in [0.717, 1.165) is 29.2 Å². The van der Waals surface area contributed by atoms with Crippen LogP contribution < -0.4 is 0 Å². The van der Waals surface area contributed by atoms with Gasteiger partial charge in [0.15, 0.2) is 0 Å². The molecule has 1 aliphatic heterocycles. The van der Waals surface area contributed by atoms with Crippen LogP contribution >= 0.6 is 0 Å². The number of hydrogen-bond donors (Lipinski definition) is 1. The number of benzene rings is 1. The number of aromatic amines is 1. The molecule has 2 unspecified atom stereocenters. The van der Waals surface area contributed by atoms with Crippen molar-refractivity contribution in [2.75, 3.05) is 13.2 Å². The Bertz CT molecular complexity index is 958. The number of aromatic nitrogens is 4. The summed E-state index contributed by atoms with van der Waals surface area (Å²) in [5.41, 5.74) is 3.21. The number of piperidine rings is 1. The van der Waals surface area contributed by atoms with E-state index in [1.165, 1.54) is 19.3 Å². The van der Waals surface area contributed by atoms with Gasteiger partial charge in [-0.25, -0.2) is 14.5 Å². The molecule has 1 aromatic carbocycles. The van der Waals surface area contributed by atoms with Crippen LogP contribution in [-0.2, 0) is 11.3 Å². The number of nitrogens with one attached hydrogen (secondary N) is 1. The van der Waals surface area contributed by atoms with Gasteiger partial charge in [-0.15, -0.1) is 0 Å². The lowest BCUT2D eigenvalue weighted by atomic mass is 10.1. The Morgan fingerprint density at radius 2 is 2.22 bits per heavy atom. The van der Waals surface area contributed by atoms with Crippen LogP contribution in [0.4, 0.5) is 0 Å². The molecule has 2 aliphatic rings. The second-order valence-electron chi connectivity index (χ2n) is 7.48. The van der Waals surface area contributed by atoms with E-state index >= 15 is 0 Å². The first-order valence-corrected chi connectivity index (χ1v) is 9.66. The van der Waals surface area contributed by atoms with Crippen LogP contribution in [0.15, 0.2) is 30.5 Å². The molecule has 1 saturated carbocycles. The molecule has 7 nitrogen and oxygen atoms in total. The first kappa shape index (κ1) is 16.5. The van der Waals surface area contributed by atoms with E-state index in [1.54, 1.807) is 10.9 Å². The number of rotatable bonds is 5. The van der Waals surface area contributed by atoms with Crippen LogP contribution in [0.2, 0.25) is 0 Å². The average molecular weight is 365 g/mol. The summed E-state index contributed by atoms with van der Waals surface area (Å²) in [6.07, 6.45) is 5.45. The van der Waals surface area contributed by atoms with Gasteiger partial charge in [0.1, 0.15) is 5.56 Å². The molecular formula is C20H23N5O2. The highest BCUT2D eigenvalue weighted by molar-refractivity contribution is 5.90. The summed E-state index contributed by atoms with van der Waals surface area (Å²) >= 11 is 0. The first-order valence-electron chi connectivity index (χ1n) is 9.66. The van der Waals surface area contributed by atoms with Crippen molar-refractivity contribution in [3.05, 3.63) is 41.7 Å². The van der Waals surface area contributed by atoms with Gasteiger partial charge in [0, 0.05) is 19.1 Å². The summed E-state index contributed by atoms with van der Waals surface area (Å²) in [5.74, 6) is 1.11. The molecule has 140 valence electrons. The number of para-hydroxylation sites is 2. The molecule has 2 fully saturated rings. The molecule has 2 aromatic heterocycles. The number of fused-ring (bicyclic) bond motifs is 3. The molecule has 1 aliphatic carbocycles. The summed E-state index contributed by atoms with van der Waals surface area (Å²) < 4.78 is 7.02. The molecule has 1 N–H and O–H groups in total. The lowest BCUT2D eigenvalue weighted by Crippen LogP contribution is -2.33. The van der Waals surface area contributed by atoms with Crippen molar-refractivity contribution in [2.45, 2.75) is 38.8 Å². The maximum absolute atomic E-state index is 12.5. The van der Waals surface area contributed by atoms with Crippen LogP contribution in [0, 0.1) is 5.92 Å². The molecule has 3 heterocycles. The largest absolute Gasteiger partial charge is 0.462 e. The van der Waals surface area contributed by atoms with Crippen molar-refractivity contribution in [1.29, 1.82) is 0 Å². The van der Waals surface area contributed by atoms with E-state index in [4.69, 9.17) is 4.74 Å². The number of imidazole rings is 1. The number of carbonyl (C=O) groups is 1. The van der Waals surface area contributed by atoms with Gasteiger partial charge in [-0.3, -0.25) is 4.90 Å². The Labute approximate surface area is 157 Å². The maximum Gasteiger partial charge on any atom is 0.341 e. The van der Waals surface area contributed by atoms with Gasteiger partial charge in [-0.05, 0) is 44.2 Å². The fourth-order valence-corrected chi connectivity index (χ4v) is 4.54. The number of ether oxygens (including phenoxy) is 1. The number of esters is 1. The summed E-state index contributed by atoms with van der Waals surface area (Å²) in [7, 11) is 0. The minimum Gasteiger partial charge on any atom is -0.462 e. The Kier molecular flexibility index (Phi) is 3.97. The Morgan fingerprint density at radius 1 is 1.33 bits per heavy atom. The highest BCUT2D eigenvalue weighted by Crippen LogP contribution is 2.38. The molecule has 7 heteroatoms. The topological polar surface area (TPSA) is 76.0 Å². The zero-order valence-electron chi connectivity index (χ0n) is 15.4. The van der Waals surface area contributed by atoms with Crippen LogP contribution in [-0.4, -0.2) is 49.8 Å². The maximum atomic E-state index is 12.5. The summed E-state index contributed by atoms with van der Waals surface area (Å²) in [5, 5.41) is 4.48. The van der Waals surface area contributed by atoms with E-state index < -0.39 is 0 Å². The van der Waals surface area contributed by atoms with Gasteiger partial charge in [0.05, 0.1) is 29.5 Å².